The van der Waals surface area contributed by atoms with Crippen LogP contribution >= 0.6 is 0 Å². The number of fused-ring (bicyclic) bond motifs is 1. The summed E-state index contributed by atoms with van der Waals surface area (Å²) in [4.78, 5) is 34.4. The number of carbonyl (C=O) groups excluding carboxylic acids is 2. The Balaban J connectivity index is 1.58. The van der Waals surface area contributed by atoms with Gasteiger partial charge in [0.25, 0.3) is 0 Å². The average molecular weight is 393 g/mol. The maximum absolute atomic E-state index is 12.2. The monoisotopic (exact) mass is 393 g/mol. The molecule has 2 aromatic carbocycles. The zero-order valence-corrected chi connectivity index (χ0v) is 15.7. The van der Waals surface area contributed by atoms with E-state index < -0.39 is 11.9 Å². The minimum absolute atomic E-state index is 0.0373. The number of imide groups is 1. The number of aliphatic carboxylic acids is 1. The quantitative estimate of drug-likeness (QED) is 0.645. The van der Waals surface area contributed by atoms with E-state index in [-0.39, 0.29) is 18.2 Å². The topological polar surface area (TPSA) is 111 Å². The molecule has 0 bridgehead atoms. The highest BCUT2D eigenvalue weighted by atomic mass is 16.5. The van der Waals surface area contributed by atoms with Crippen molar-refractivity contribution in [3.8, 4) is 11.5 Å². The van der Waals surface area contributed by atoms with Crippen molar-refractivity contribution in [2.75, 3.05) is 0 Å². The van der Waals surface area contributed by atoms with Crippen LogP contribution in [-0.4, -0.2) is 32.7 Å². The van der Waals surface area contributed by atoms with Gasteiger partial charge in [-0.05, 0) is 36.2 Å². The van der Waals surface area contributed by atoms with Gasteiger partial charge in [-0.2, -0.15) is 5.10 Å². The number of nitrogens with one attached hydrogen (secondary N) is 1. The molecule has 0 saturated carbocycles. The number of rotatable bonds is 5. The Labute approximate surface area is 166 Å². The minimum atomic E-state index is -0.882. The van der Waals surface area contributed by atoms with E-state index in [9.17, 15) is 14.4 Å². The van der Waals surface area contributed by atoms with Crippen LogP contribution in [0.2, 0.25) is 0 Å². The van der Waals surface area contributed by atoms with E-state index in [1.54, 1.807) is 42.1 Å². The average Bonchev–Trinajstić information content (AvgIpc) is 2.99. The first-order valence-electron chi connectivity index (χ1n) is 9.19. The Kier molecular flexibility index (Phi) is 4.75. The van der Waals surface area contributed by atoms with Crippen molar-refractivity contribution in [3.05, 3.63) is 53.7 Å². The zero-order valence-electron chi connectivity index (χ0n) is 15.7. The van der Waals surface area contributed by atoms with Gasteiger partial charge in [-0.3, -0.25) is 24.4 Å². The van der Waals surface area contributed by atoms with Gasteiger partial charge in [0.05, 0.1) is 23.5 Å². The van der Waals surface area contributed by atoms with E-state index in [1.807, 2.05) is 12.1 Å². The molecule has 29 heavy (non-hydrogen) atoms. The molecule has 1 aromatic heterocycles. The van der Waals surface area contributed by atoms with Crippen molar-refractivity contribution in [3.63, 3.8) is 0 Å². The molecular weight excluding hydrogens is 374 g/mol. The predicted molar refractivity (Wildman–Crippen MR) is 104 cm³/mol. The predicted octanol–water partition coefficient (Wildman–Crippen LogP) is 2.51. The molecule has 0 spiro atoms. The van der Waals surface area contributed by atoms with Crippen LogP contribution in [0, 0.1) is 0 Å². The normalized spacial score (nSPS) is 16.7. The van der Waals surface area contributed by atoms with Crippen LogP contribution in [0.3, 0.4) is 0 Å². The van der Waals surface area contributed by atoms with Gasteiger partial charge < -0.3 is 9.84 Å². The first kappa shape index (κ1) is 18.7. The van der Waals surface area contributed by atoms with Gasteiger partial charge in [-0.15, -0.1) is 0 Å². The van der Waals surface area contributed by atoms with Gasteiger partial charge in [-0.1, -0.05) is 12.1 Å². The Morgan fingerprint density at radius 2 is 1.93 bits per heavy atom. The van der Waals surface area contributed by atoms with Gasteiger partial charge >= 0.3 is 5.97 Å². The molecule has 1 saturated heterocycles. The van der Waals surface area contributed by atoms with E-state index >= 15 is 0 Å². The number of carboxylic acids is 1. The van der Waals surface area contributed by atoms with Crippen molar-refractivity contribution in [1.82, 2.24) is 15.1 Å². The fraction of sp³-hybridized carbons (Fsp3) is 0.238. The van der Waals surface area contributed by atoms with Gasteiger partial charge in [0.15, 0.2) is 0 Å². The molecule has 0 radical (unpaired) electrons. The molecule has 2 amide bonds. The highest BCUT2D eigenvalue weighted by molar-refractivity contribution is 6.02. The first-order chi connectivity index (χ1) is 13.9. The maximum atomic E-state index is 12.2. The van der Waals surface area contributed by atoms with E-state index in [1.165, 1.54) is 0 Å². The second-order valence-electron chi connectivity index (χ2n) is 7.01. The molecule has 8 heteroatoms. The molecule has 148 valence electrons. The van der Waals surface area contributed by atoms with Crippen LogP contribution in [0.5, 0.6) is 11.5 Å². The molecule has 1 aliphatic heterocycles. The number of nitrogens with zero attached hydrogens (tertiary/aromatic N) is 2. The molecule has 1 unspecified atom stereocenters. The van der Waals surface area contributed by atoms with Crippen LogP contribution in [0.4, 0.5) is 0 Å². The van der Waals surface area contributed by atoms with Crippen molar-refractivity contribution < 1.29 is 24.2 Å². The summed E-state index contributed by atoms with van der Waals surface area (Å²) in [5.74, 6) is -0.718. The summed E-state index contributed by atoms with van der Waals surface area (Å²) in [7, 11) is 1.79. The van der Waals surface area contributed by atoms with Crippen molar-refractivity contribution >= 4 is 28.7 Å². The summed E-state index contributed by atoms with van der Waals surface area (Å²) in [6.07, 6.45) is 0.704. The largest absolute Gasteiger partial charge is 0.481 e. The number of amides is 2. The van der Waals surface area contributed by atoms with E-state index in [4.69, 9.17) is 9.84 Å². The summed E-state index contributed by atoms with van der Waals surface area (Å²) in [5, 5.41) is 16.6. The molecule has 2 N–H and O–H groups in total. The third-order valence-corrected chi connectivity index (χ3v) is 4.94. The number of carboxylic acid groups (broad SMARTS) is 1. The Hall–Kier alpha value is -3.68. The smallest absolute Gasteiger partial charge is 0.307 e. The van der Waals surface area contributed by atoms with Crippen LogP contribution in [0.25, 0.3) is 10.9 Å². The van der Waals surface area contributed by atoms with Crippen molar-refractivity contribution in [2.24, 2.45) is 7.05 Å². The standard InChI is InChI=1S/C21H19N3O5/c1-24-17-11-14(29-13-4-2-12(3-5-13)10-19(26)27)6-7-15(17)20(23-24)16-8-9-18(25)22-21(16)28/h2-7,11,16H,8-10H2,1H3,(H,26,27)(H,22,25,28). The lowest BCUT2D eigenvalue weighted by molar-refractivity contribution is -0.136. The summed E-state index contributed by atoms with van der Waals surface area (Å²) in [6.45, 7) is 0. The molecule has 4 rings (SSSR count). The number of piperidine rings is 1. The number of carbonyl (C=O) groups is 3. The third-order valence-electron chi connectivity index (χ3n) is 4.94. The second kappa shape index (κ2) is 7.38. The van der Waals surface area contributed by atoms with Gasteiger partial charge in [0.2, 0.25) is 11.8 Å². The second-order valence-corrected chi connectivity index (χ2v) is 7.01. The van der Waals surface area contributed by atoms with Gasteiger partial charge in [-0.25, -0.2) is 0 Å². The first-order valence-corrected chi connectivity index (χ1v) is 9.19. The summed E-state index contributed by atoms with van der Waals surface area (Å²) < 4.78 is 7.57. The van der Waals surface area contributed by atoms with Crippen molar-refractivity contribution in [1.29, 1.82) is 0 Å². The van der Waals surface area contributed by atoms with Crippen molar-refractivity contribution in [2.45, 2.75) is 25.2 Å². The lowest BCUT2D eigenvalue weighted by atomic mass is 9.93. The van der Waals surface area contributed by atoms with E-state index in [0.717, 1.165) is 10.9 Å². The summed E-state index contributed by atoms with van der Waals surface area (Å²) in [5.41, 5.74) is 2.16. The maximum Gasteiger partial charge on any atom is 0.307 e. The van der Waals surface area contributed by atoms with E-state index in [2.05, 4.69) is 10.4 Å². The number of benzene rings is 2. The Morgan fingerprint density at radius 1 is 1.21 bits per heavy atom. The highest BCUT2D eigenvalue weighted by Gasteiger charge is 2.31. The van der Waals surface area contributed by atoms with Crippen LogP contribution in [-0.2, 0) is 27.9 Å². The molecule has 8 nitrogen and oxygen atoms in total. The third kappa shape index (κ3) is 3.82. The van der Waals surface area contributed by atoms with Gasteiger partial charge in [0, 0.05) is 24.9 Å². The fourth-order valence-electron chi connectivity index (χ4n) is 3.53. The Morgan fingerprint density at radius 3 is 2.62 bits per heavy atom. The molecule has 1 fully saturated rings. The molecule has 3 aromatic rings. The minimum Gasteiger partial charge on any atom is -0.481 e. The molecule has 1 atom stereocenters. The van der Waals surface area contributed by atoms with E-state index in [0.29, 0.717) is 35.6 Å². The summed E-state index contributed by atoms with van der Waals surface area (Å²) in [6, 6.07) is 12.4. The molecule has 0 aliphatic carbocycles. The number of ether oxygens (including phenoxy) is 1. The SMILES string of the molecule is Cn1nc(C2CCC(=O)NC2=O)c2ccc(Oc3ccc(CC(=O)O)cc3)cc21. The van der Waals surface area contributed by atoms with Crippen LogP contribution in [0.1, 0.15) is 30.0 Å². The fourth-order valence-corrected chi connectivity index (χ4v) is 3.53. The van der Waals surface area contributed by atoms with Crippen LogP contribution < -0.4 is 10.1 Å². The lowest BCUT2D eigenvalue weighted by Crippen LogP contribution is -2.39. The zero-order chi connectivity index (χ0) is 20.5. The summed E-state index contributed by atoms with van der Waals surface area (Å²) >= 11 is 0. The molecule has 2 heterocycles. The molecule has 1 aliphatic rings. The number of aryl methyl sites for hydroxylation is 1. The van der Waals surface area contributed by atoms with Gasteiger partial charge in [0.1, 0.15) is 11.5 Å². The highest BCUT2D eigenvalue weighted by Crippen LogP contribution is 2.33. The number of hydrogen-bond donors (Lipinski definition) is 2. The van der Waals surface area contributed by atoms with Crippen LogP contribution in [0.15, 0.2) is 42.5 Å². The Bertz CT molecular complexity index is 1120. The number of hydrogen-bond acceptors (Lipinski definition) is 5. The molecular formula is C21H19N3O5. The number of aromatic nitrogens is 2. The lowest BCUT2D eigenvalue weighted by Gasteiger charge is -2.19.